The highest BCUT2D eigenvalue weighted by molar-refractivity contribution is 7.99. The number of hydrogen-bond donors (Lipinski definition) is 1. The molecule has 5 heteroatoms. The molecule has 0 aliphatic heterocycles. The van der Waals surface area contributed by atoms with Gasteiger partial charge in [-0.25, -0.2) is 0 Å². The maximum absolute atomic E-state index is 4.07. The van der Waals surface area contributed by atoms with Crippen molar-refractivity contribution in [3.05, 3.63) is 36.2 Å². The molecule has 0 amide bonds. The van der Waals surface area contributed by atoms with Crippen LogP contribution in [0.25, 0.3) is 0 Å². The van der Waals surface area contributed by atoms with E-state index in [0.29, 0.717) is 5.92 Å². The van der Waals surface area contributed by atoms with Crippen LogP contribution in [0, 0.1) is 5.92 Å². The maximum atomic E-state index is 4.07. The molecule has 0 radical (unpaired) electrons. The molecule has 0 saturated heterocycles. The van der Waals surface area contributed by atoms with E-state index >= 15 is 0 Å². The molecule has 1 N–H and O–H groups in total. The summed E-state index contributed by atoms with van der Waals surface area (Å²) in [5.74, 6) is 0.686. The lowest BCUT2D eigenvalue weighted by molar-refractivity contribution is 0.552. The number of nitrogens with one attached hydrogen (secondary N) is 1. The standard InChI is InChI=1S/C14H20N4S/c1-11(2)8-15-9-12-4-6-13(7-5-12)19-14-17-16-10-18(14)3/h4-7,10-11,15H,8-9H2,1-3H3. The summed E-state index contributed by atoms with van der Waals surface area (Å²) in [5.41, 5.74) is 1.31. The molecule has 1 heterocycles. The molecule has 1 aromatic heterocycles. The van der Waals surface area contributed by atoms with Gasteiger partial charge in [-0.3, -0.25) is 0 Å². The highest BCUT2D eigenvalue weighted by Crippen LogP contribution is 2.25. The third kappa shape index (κ3) is 4.36. The number of nitrogens with zero attached hydrogens (tertiary/aromatic N) is 3. The van der Waals surface area contributed by atoms with Crippen molar-refractivity contribution in [3.63, 3.8) is 0 Å². The van der Waals surface area contributed by atoms with Gasteiger partial charge in [0.15, 0.2) is 5.16 Å². The number of aryl methyl sites for hydroxylation is 1. The van der Waals surface area contributed by atoms with Gasteiger partial charge in [-0.05, 0) is 41.9 Å². The van der Waals surface area contributed by atoms with Crippen LogP contribution in [-0.4, -0.2) is 21.3 Å². The van der Waals surface area contributed by atoms with Gasteiger partial charge in [-0.15, -0.1) is 10.2 Å². The molecule has 0 fully saturated rings. The molecule has 4 nitrogen and oxygen atoms in total. The molecular weight excluding hydrogens is 256 g/mol. The van der Waals surface area contributed by atoms with E-state index in [4.69, 9.17) is 0 Å². The summed E-state index contributed by atoms with van der Waals surface area (Å²) in [7, 11) is 1.95. The van der Waals surface area contributed by atoms with Crippen molar-refractivity contribution in [1.82, 2.24) is 20.1 Å². The van der Waals surface area contributed by atoms with E-state index < -0.39 is 0 Å². The van der Waals surface area contributed by atoms with Crippen LogP contribution in [0.4, 0.5) is 0 Å². The molecule has 2 rings (SSSR count). The molecule has 1 aromatic carbocycles. The molecule has 19 heavy (non-hydrogen) atoms. The third-order valence-corrected chi connectivity index (χ3v) is 3.74. The van der Waals surface area contributed by atoms with Gasteiger partial charge < -0.3 is 9.88 Å². The topological polar surface area (TPSA) is 42.7 Å². The minimum Gasteiger partial charge on any atom is -0.312 e. The van der Waals surface area contributed by atoms with Gasteiger partial charge in [0.1, 0.15) is 6.33 Å². The van der Waals surface area contributed by atoms with E-state index in [2.05, 4.69) is 53.6 Å². The summed E-state index contributed by atoms with van der Waals surface area (Å²) in [6.07, 6.45) is 1.71. The molecule has 0 spiro atoms. The van der Waals surface area contributed by atoms with Crippen molar-refractivity contribution in [3.8, 4) is 0 Å². The highest BCUT2D eigenvalue weighted by atomic mass is 32.2. The molecule has 0 aliphatic carbocycles. The van der Waals surface area contributed by atoms with E-state index in [9.17, 15) is 0 Å². The van der Waals surface area contributed by atoms with Gasteiger partial charge in [0.05, 0.1) is 0 Å². The summed E-state index contributed by atoms with van der Waals surface area (Å²) in [5, 5.41) is 12.3. The maximum Gasteiger partial charge on any atom is 0.195 e. The van der Waals surface area contributed by atoms with Gasteiger partial charge in [0.2, 0.25) is 0 Å². The first-order chi connectivity index (χ1) is 9.15. The fourth-order valence-corrected chi connectivity index (χ4v) is 2.41. The van der Waals surface area contributed by atoms with Crippen LogP contribution in [0.2, 0.25) is 0 Å². The molecule has 102 valence electrons. The minimum atomic E-state index is 0.686. The second-order valence-electron chi connectivity index (χ2n) is 5.00. The summed E-state index contributed by atoms with van der Waals surface area (Å²) >= 11 is 1.63. The predicted octanol–water partition coefficient (Wildman–Crippen LogP) is 2.71. The molecule has 2 aromatic rings. The number of hydrogen-bond acceptors (Lipinski definition) is 4. The van der Waals surface area contributed by atoms with Crippen molar-refractivity contribution >= 4 is 11.8 Å². The first-order valence-corrected chi connectivity index (χ1v) is 7.28. The van der Waals surface area contributed by atoms with Crippen molar-refractivity contribution < 1.29 is 0 Å². The zero-order valence-corrected chi connectivity index (χ0v) is 12.4. The lowest BCUT2D eigenvalue weighted by Crippen LogP contribution is -2.18. The van der Waals surface area contributed by atoms with Crippen molar-refractivity contribution in [2.24, 2.45) is 13.0 Å². The van der Waals surface area contributed by atoms with E-state index in [0.717, 1.165) is 18.2 Å². The highest BCUT2D eigenvalue weighted by Gasteiger charge is 2.03. The quantitative estimate of drug-likeness (QED) is 0.881. The first-order valence-electron chi connectivity index (χ1n) is 6.46. The SMILES string of the molecule is CC(C)CNCc1ccc(Sc2nncn2C)cc1. The molecule has 0 saturated carbocycles. The second-order valence-corrected chi connectivity index (χ2v) is 6.04. The second kappa shape index (κ2) is 6.73. The van der Waals surface area contributed by atoms with Gasteiger partial charge in [-0.1, -0.05) is 26.0 Å². The van der Waals surface area contributed by atoms with Gasteiger partial charge in [0, 0.05) is 18.5 Å². The van der Waals surface area contributed by atoms with Crippen LogP contribution in [0.5, 0.6) is 0 Å². The summed E-state index contributed by atoms with van der Waals surface area (Å²) in [4.78, 5) is 1.18. The number of benzene rings is 1. The van der Waals surface area contributed by atoms with Gasteiger partial charge in [0.25, 0.3) is 0 Å². The zero-order chi connectivity index (χ0) is 13.7. The minimum absolute atomic E-state index is 0.686. The first kappa shape index (κ1) is 14.1. The molecule has 0 unspecified atom stereocenters. The largest absolute Gasteiger partial charge is 0.312 e. The van der Waals surface area contributed by atoms with Crippen LogP contribution < -0.4 is 5.32 Å². The average Bonchev–Trinajstić information content (AvgIpc) is 2.77. The number of aromatic nitrogens is 3. The van der Waals surface area contributed by atoms with Crippen LogP contribution in [0.1, 0.15) is 19.4 Å². The van der Waals surface area contributed by atoms with Crippen LogP contribution >= 0.6 is 11.8 Å². The number of rotatable bonds is 6. The van der Waals surface area contributed by atoms with Crippen molar-refractivity contribution in [1.29, 1.82) is 0 Å². The Labute approximate surface area is 118 Å². The fraction of sp³-hybridized carbons (Fsp3) is 0.429. The average molecular weight is 276 g/mol. The Morgan fingerprint density at radius 1 is 1.26 bits per heavy atom. The van der Waals surface area contributed by atoms with Gasteiger partial charge in [-0.2, -0.15) is 0 Å². The van der Waals surface area contributed by atoms with E-state index in [-0.39, 0.29) is 0 Å². The molecule has 0 atom stereocenters. The monoisotopic (exact) mass is 276 g/mol. The summed E-state index contributed by atoms with van der Waals surface area (Å²) in [6, 6.07) is 8.58. The van der Waals surface area contributed by atoms with E-state index in [1.54, 1.807) is 18.1 Å². The molecule has 0 aliphatic rings. The van der Waals surface area contributed by atoms with Crippen LogP contribution in [0.15, 0.2) is 40.6 Å². The zero-order valence-electron chi connectivity index (χ0n) is 11.6. The summed E-state index contributed by atoms with van der Waals surface area (Å²) < 4.78 is 1.92. The lowest BCUT2D eigenvalue weighted by Gasteiger charge is -2.08. The normalized spacial score (nSPS) is 11.2. The summed E-state index contributed by atoms with van der Waals surface area (Å²) in [6.45, 7) is 6.41. The lowest BCUT2D eigenvalue weighted by atomic mass is 10.2. The van der Waals surface area contributed by atoms with Crippen LogP contribution in [0.3, 0.4) is 0 Å². The third-order valence-electron chi connectivity index (χ3n) is 2.68. The Morgan fingerprint density at radius 2 is 2.00 bits per heavy atom. The van der Waals surface area contributed by atoms with Crippen molar-refractivity contribution in [2.45, 2.75) is 30.4 Å². The Kier molecular flexibility index (Phi) is 4.99. The Balaban J connectivity index is 1.89. The smallest absolute Gasteiger partial charge is 0.195 e. The fourth-order valence-electron chi connectivity index (χ4n) is 1.65. The van der Waals surface area contributed by atoms with Gasteiger partial charge >= 0.3 is 0 Å². The van der Waals surface area contributed by atoms with Crippen molar-refractivity contribution in [2.75, 3.05) is 6.54 Å². The molecule has 0 bridgehead atoms. The van der Waals surface area contributed by atoms with E-state index in [1.807, 2.05) is 11.6 Å². The molecular formula is C14H20N4S. The Hall–Kier alpha value is -1.33. The predicted molar refractivity (Wildman–Crippen MR) is 78.1 cm³/mol. The Bertz CT molecular complexity index is 504. The Morgan fingerprint density at radius 3 is 2.58 bits per heavy atom. The van der Waals surface area contributed by atoms with E-state index in [1.165, 1.54) is 10.5 Å². The van der Waals surface area contributed by atoms with Crippen LogP contribution in [-0.2, 0) is 13.6 Å².